The second kappa shape index (κ2) is 8.39. The number of hydrogen-bond acceptors (Lipinski definition) is 10. The summed E-state index contributed by atoms with van der Waals surface area (Å²) in [5.41, 5.74) is 0.571. The van der Waals surface area contributed by atoms with Crippen molar-refractivity contribution in [2.45, 2.75) is 10.1 Å². The van der Waals surface area contributed by atoms with Crippen molar-refractivity contribution in [1.29, 1.82) is 0 Å². The zero-order chi connectivity index (χ0) is 23.1. The zero-order valence-electron chi connectivity index (χ0n) is 16.3. The van der Waals surface area contributed by atoms with Crippen LogP contribution in [0, 0.1) is 10.1 Å². The molecule has 0 aliphatic rings. The summed E-state index contributed by atoms with van der Waals surface area (Å²) in [5, 5.41) is 20.6. The van der Waals surface area contributed by atoms with Gasteiger partial charge in [-0.2, -0.15) is 4.98 Å². The first-order valence-corrected chi connectivity index (χ1v) is 11.4. The molecule has 0 atom stereocenters. The van der Waals surface area contributed by atoms with E-state index in [9.17, 15) is 19.7 Å². The fourth-order valence-corrected chi connectivity index (χ4v) is 5.35. The lowest BCUT2D eigenvalue weighted by Crippen LogP contribution is -2.06. The summed E-state index contributed by atoms with van der Waals surface area (Å²) >= 11 is 8.18. The van der Waals surface area contributed by atoms with Gasteiger partial charge in [-0.05, 0) is 30.3 Å². The molecule has 5 aromatic rings. The molecular weight excluding hydrogens is 490 g/mol. The van der Waals surface area contributed by atoms with Crippen LogP contribution in [0.2, 0.25) is 5.02 Å². The van der Waals surface area contributed by atoms with Crippen LogP contribution in [-0.4, -0.2) is 24.9 Å². The van der Waals surface area contributed by atoms with E-state index in [4.69, 9.17) is 16.0 Å². The molecule has 0 aliphatic carbocycles. The SMILES string of the molecule is O=c1ccc2cc(-n3cc(CSc4nc(=O)c5cc(Cl)cc([N+](=O)[O-])c5s4)nn3)ccc2o1. The average molecular weight is 500 g/mol. The summed E-state index contributed by atoms with van der Waals surface area (Å²) < 4.78 is 7.29. The number of benzene rings is 2. The van der Waals surface area contributed by atoms with E-state index in [1.54, 1.807) is 29.1 Å². The molecule has 3 heterocycles. The summed E-state index contributed by atoms with van der Waals surface area (Å²) in [5.74, 6) is 0.346. The molecule has 33 heavy (non-hydrogen) atoms. The van der Waals surface area contributed by atoms with Crippen molar-refractivity contribution in [1.82, 2.24) is 20.0 Å². The third-order valence-electron chi connectivity index (χ3n) is 4.60. The predicted octanol–water partition coefficient (Wildman–Crippen LogP) is 4.20. The Balaban J connectivity index is 1.40. The van der Waals surface area contributed by atoms with Crippen molar-refractivity contribution in [2.75, 3.05) is 0 Å². The Hall–Kier alpha value is -3.61. The molecule has 5 rings (SSSR count). The molecule has 0 unspecified atom stereocenters. The van der Waals surface area contributed by atoms with E-state index in [0.717, 1.165) is 22.4 Å². The molecule has 2 aromatic carbocycles. The summed E-state index contributed by atoms with van der Waals surface area (Å²) in [6.45, 7) is 0. The van der Waals surface area contributed by atoms with Gasteiger partial charge in [-0.1, -0.05) is 28.6 Å². The topological polar surface area (TPSA) is 134 Å². The van der Waals surface area contributed by atoms with Gasteiger partial charge < -0.3 is 4.42 Å². The van der Waals surface area contributed by atoms with Crippen LogP contribution < -0.4 is 11.2 Å². The highest BCUT2D eigenvalue weighted by Crippen LogP contribution is 2.35. The van der Waals surface area contributed by atoms with Crippen molar-refractivity contribution < 1.29 is 9.34 Å². The maximum absolute atomic E-state index is 12.4. The lowest BCUT2D eigenvalue weighted by molar-refractivity contribution is -0.382. The molecule has 164 valence electrons. The van der Waals surface area contributed by atoms with Crippen LogP contribution in [0.4, 0.5) is 5.69 Å². The van der Waals surface area contributed by atoms with Gasteiger partial charge in [0.05, 0.1) is 27.9 Å². The quantitative estimate of drug-likeness (QED) is 0.151. The lowest BCUT2D eigenvalue weighted by atomic mass is 10.2. The van der Waals surface area contributed by atoms with Crippen LogP contribution in [0.5, 0.6) is 0 Å². The first-order chi connectivity index (χ1) is 15.9. The lowest BCUT2D eigenvalue weighted by Gasteiger charge is -2.02. The van der Waals surface area contributed by atoms with Crippen LogP contribution in [-0.2, 0) is 5.75 Å². The Bertz CT molecular complexity index is 1680. The Morgan fingerprint density at radius 2 is 2.03 bits per heavy atom. The first-order valence-electron chi connectivity index (χ1n) is 9.24. The van der Waals surface area contributed by atoms with E-state index in [1.165, 1.54) is 30.0 Å². The van der Waals surface area contributed by atoms with Crippen LogP contribution in [0.1, 0.15) is 5.69 Å². The highest BCUT2D eigenvalue weighted by atomic mass is 35.5. The van der Waals surface area contributed by atoms with Gasteiger partial charge >= 0.3 is 5.63 Å². The molecule has 0 saturated carbocycles. The fourth-order valence-electron chi connectivity index (χ4n) is 3.12. The Morgan fingerprint density at radius 1 is 1.18 bits per heavy atom. The van der Waals surface area contributed by atoms with Crippen molar-refractivity contribution >= 4 is 61.4 Å². The minimum atomic E-state index is -0.580. The summed E-state index contributed by atoms with van der Waals surface area (Å²) in [7, 11) is 0. The highest BCUT2D eigenvalue weighted by molar-refractivity contribution is 8.00. The molecule has 3 aromatic heterocycles. The van der Waals surface area contributed by atoms with Gasteiger partial charge in [0.2, 0.25) is 0 Å². The van der Waals surface area contributed by atoms with Crippen molar-refractivity contribution in [3.63, 3.8) is 0 Å². The minimum absolute atomic E-state index is 0.105. The number of rotatable bonds is 5. The Morgan fingerprint density at radius 3 is 2.85 bits per heavy atom. The van der Waals surface area contributed by atoms with Gasteiger partial charge in [0.15, 0.2) is 4.34 Å². The molecule has 0 N–H and O–H groups in total. The normalized spacial score (nSPS) is 11.3. The van der Waals surface area contributed by atoms with E-state index in [0.29, 0.717) is 21.4 Å². The van der Waals surface area contributed by atoms with E-state index in [2.05, 4.69) is 15.3 Å². The number of hydrogen-bond donors (Lipinski definition) is 0. The van der Waals surface area contributed by atoms with Crippen molar-refractivity contribution in [2.24, 2.45) is 0 Å². The van der Waals surface area contributed by atoms with E-state index >= 15 is 0 Å². The van der Waals surface area contributed by atoms with E-state index in [1.807, 2.05) is 6.07 Å². The molecule has 13 heteroatoms. The van der Waals surface area contributed by atoms with Crippen molar-refractivity contribution in [3.8, 4) is 5.69 Å². The monoisotopic (exact) mass is 499 g/mol. The van der Waals surface area contributed by atoms with Gasteiger partial charge in [0, 0.05) is 28.3 Å². The summed E-state index contributed by atoms with van der Waals surface area (Å²) in [6, 6.07) is 10.8. The molecule has 0 amide bonds. The predicted molar refractivity (Wildman–Crippen MR) is 125 cm³/mol. The van der Waals surface area contributed by atoms with E-state index in [-0.39, 0.29) is 20.8 Å². The zero-order valence-corrected chi connectivity index (χ0v) is 18.7. The molecule has 0 saturated heterocycles. The average Bonchev–Trinajstić information content (AvgIpc) is 3.26. The van der Waals surface area contributed by atoms with Gasteiger partial charge in [0.1, 0.15) is 10.3 Å². The number of nitro benzene ring substituents is 1. The largest absolute Gasteiger partial charge is 0.423 e. The third-order valence-corrected chi connectivity index (χ3v) is 7.09. The van der Waals surface area contributed by atoms with Gasteiger partial charge in [-0.3, -0.25) is 14.9 Å². The van der Waals surface area contributed by atoms with E-state index < -0.39 is 16.1 Å². The molecule has 0 fully saturated rings. The molecule has 0 aliphatic heterocycles. The Labute approximate surface area is 196 Å². The minimum Gasteiger partial charge on any atom is -0.423 e. The van der Waals surface area contributed by atoms with Gasteiger partial charge in [-0.15, -0.1) is 16.4 Å². The van der Waals surface area contributed by atoms with Gasteiger partial charge in [0.25, 0.3) is 11.2 Å². The summed E-state index contributed by atoms with van der Waals surface area (Å²) in [6.07, 6.45) is 1.72. The third kappa shape index (κ3) is 4.23. The molecular formula is C20H10ClN5O5S2. The molecule has 0 bridgehead atoms. The number of nitrogens with zero attached hydrogens (tertiary/aromatic N) is 5. The second-order valence-electron chi connectivity index (χ2n) is 6.76. The number of thioether (sulfide) groups is 1. The van der Waals surface area contributed by atoms with Gasteiger partial charge in [-0.25, -0.2) is 9.48 Å². The smallest absolute Gasteiger partial charge is 0.336 e. The first kappa shape index (κ1) is 21.2. The van der Waals surface area contributed by atoms with Crippen LogP contribution in [0.25, 0.3) is 26.7 Å². The molecule has 10 nitrogen and oxygen atoms in total. The molecule has 0 radical (unpaired) electrons. The number of aromatic nitrogens is 4. The fraction of sp³-hybridized carbons (Fsp3) is 0.0500. The highest BCUT2D eigenvalue weighted by Gasteiger charge is 2.18. The number of nitro groups is 1. The van der Waals surface area contributed by atoms with Crippen LogP contribution in [0.3, 0.4) is 0 Å². The Kier molecular flexibility index (Phi) is 5.40. The standard InChI is InChI=1S/C20H10ClN5O5S2/c21-11-6-14-18(15(7-11)26(29)30)33-20(22-19(14)28)32-9-12-8-25(24-23-12)13-2-3-16-10(5-13)1-4-17(27)31-16/h1-8H,9H2. The number of halogens is 1. The van der Waals surface area contributed by atoms with Crippen LogP contribution in [0.15, 0.2) is 67.0 Å². The van der Waals surface area contributed by atoms with Crippen molar-refractivity contribution in [3.05, 3.63) is 90.3 Å². The maximum Gasteiger partial charge on any atom is 0.336 e. The summed E-state index contributed by atoms with van der Waals surface area (Å²) in [4.78, 5) is 38.6. The number of non-ortho nitro benzene ring substituents is 1. The number of fused-ring (bicyclic) bond motifs is 2. The second-order valence-corrected chi connectivity index (χ2v) is 9.42. The maximum atomic E-state index is 12.4. The molecule has 0 spiro atoms. The van der Waals surface area contributed by atoms with Crippen LogP contribution >= 0.6 is 34.7 Å².